The highest BCUT2D eigenvalue weighted by atomic mass is 32.1. The third-order valence-corrected chi connectivity index (χ3v) is 6.39. The van der Waals surface area contributed by atoms with Crippen LogP contribution in [-0.4, -0.2) is 16.1 Å². The summed E-state index contributed by atoms with van der Waals surface area (Å²) in [5, 5.41) is 6.84. The van der Waals surface area contributed by atoms with Gasteiger partial charge in [0, 0.05) is 5.69 Å². The van der Waals surface area contributed by atoms with E-state index in [1.165, 1.54) is 0 Å². The molecule has 31 heavy (non-hydrogen) atoms. The van der Waals surface area contributed by atoms with Gasteiger partial charge >= 0.3 is 6.09 Å². The molecule has 1 amide bonds. The standard InChI is InChI=1S/C24H17N3O2S2/c28-24(29-15-16-6-2-1-3-7-16)25-17-10-11-18-19(14-17)27-23(21-9-5-13-31-21)22(26-18)20-8-4-12-30-20/h1-14H,15H2,(H,25,28). The average Bonchev–Trinajstić information content (AvgIpc) is 3.52. The maximum atomic E-state index is 12.2. The number of amides is 1. The number of ether oxygens (including phenoxy) is 1. The van der Waals surface area contributed by atoms with E-state index in [1.54, 1.807) is 22.7 Å². The molecule has 0 bridgehead atoms. The molecule has 0 atom stereocenters. The molecule has 5 nitrogen and oxygen atoms in total. The minimum atomic E-state index is -0.509. The van der Waals surface area contributed by atoms with Crippen LogP contribution in [0.3, 0.4) is 0 Å². The summed E-state index contributed by atoms with van der Waals surface area (Å²) in [6.07, 6.45) is -0.509. The molecule has 1 N–H and O–H groups in total. The molecule has 0 aliphatic rings. The van der Waals surface area contributed by atoms with Gasteiger partial charge in [-0.15, -0.1) is 22.7 Å². The van der Waals surface area contributed by atoms with Crippen LogP contribution in [0.15, 0.2) is 83.6 Å². The van der Waals surface area contributed by atoms with Crippen LogP contribution in [0.5, 0.6) is 0 Å². The summed E-state index contributed by atoms with van der Waals surface area (Å²) in [7, 11) is 0. The molecule has 0 spiro atoms. The van der Waals surface area contributed by atoms with Crippen LogP contribution in [0.1, 0.15) is 5.56 Å². The van der Waals surface area contributed by atoms with E-state index in [2.05, 4.69) is 11.4 Å². The fourth-order valence-electron chi connectivity index (χ4n) is 3.18. The molecular weight excluding hydrogens is 426 g/mol. The molecule has 0 radical (unpaired) electrons. The van der Waals surface area contributed by atoms with Gasteiger partial charge in [0.15, 0.2) is 0 Å². The molecule has 0 saturated carbocycles. The monoisotopic (exact) mass is 443 g/mol. The molecule has 0 unspecified atom stereocenters. The second kappa shape index (κ2) is 8.67. The number of nitrogens with one attached hydrogen (secondary N) is 1. The number of benzene rings is 2. The number of thiophene rings is 2. The smallest absolute Gasteiger partial charge is 0.411 e. The van der Waals surface area contributed by atoms with Crippen molar-refractivity contribution in [3.8, 4) is 21.1 Å². The first-order valence-electron chi connectivity index (χ1n) is 9.63. The van der Waals surface area contributed by atoms with E-state index in [1.807, 2.05) is 77.5 Å². The normalized spacial score (nSPS) is 10.8. The molecule has 3 heterocycles. The van der Waals surface area contributed by atoms with Crippen molar-refractivity contribution < 1.29 is 9.53 Å². The molecule has 5 rings (SSSR count). The van der Waals surface area contributed by atoms with Crippen LogP contribution in [0.25, 0.3) is 32.2 Å². The second-order valence-electron chi connectivity index (χ2n) is 6.77. The van der Waals surface area contributed by atoms with Crippen molar-refractivity contribution in [2.24, 2.45) is 0 Å². The summed E-state index contributed by atoms with van der Waals surface area (Å²) >= 11 is 3.27. The largest absolute Gasteiger partial charge is 0.444 e. The Hall–Kier alpha value is -3.55. The lowest BCUT2D eigenvalue weighted by Crippen LogP contribution is -2.13. The predicted octanol–water partition coefficient (Wildman–Crippen LogP) is 6.84. The lowest BCUT2D eigenvalue weighted by molar-refractivity contribution is 0.155. The third-order valence-electron chi connectivity index (χ3n) is 4.63. The lowest BCUT2D eigenvalue weighted by atomic mass is 10.2. The summed E-state index contributed by atoms with van der Waals surface area (Å²) in [5.74, 6) is 0. The highest BCUT2D eigenvalue weighted by Gasteiger charge is 2.15. The van der Waals surface area contributed by atoms with Crippen LogP contribution in [0.2, 0.25) is 0 Å². The van der Waals surface area contributed by atoms with Crippen molar-refractivity contribution in [1.82, 2.24) is 9.97 Å². The molecular formula is C24H17N3O2S2. The second-order valence-corrected chi connectivity index (χ2v) is 8.66. The molecule has 7 heteroatoms. The number of rotatable bonds is 5. The van der Waals surface area contributed by atoms with Crippen molar-refractivity contribution in [1.29, 1.82) is 0 Å². The van der Waals surface area contributed by atoms with Gasteiger partial charge in [0.05, 0.1) is 20.8 Å². The van der Waals surface area contributed by atoms with Gasteiger partial charge < -0.3 is 4.74 Å². The zero-order valence-corrected chi connectivity index (χ0v) is 18.0. The predicted molar refractivity (Wildman–Crippen MR) is 126 cm³/mol. The van der Waals surface area contributed by atoms with E-state index < -0.39 is 6.09 Å². The van der Waals surface area contributed by atoms with Gasteiger partial charge in [-0.1, -0.05) is 42.5 Å². The van der Waals surface area contributed by atoms with Crippen LogP contribution in [0.4, 0.5) is 10.5 Å². The topological polar surface area (TPSA) is 64.1 Å². The van der Waals surface area contributed by atoms with Crippen molar-refractivity contribution >= 4 is 45.5 Å². The van der Waals surface area contributed by atoms with Crippen LogP contribution in [0, 0.1) is 0 Å². The van der Waals surface area contributed by atoms with Crippen LogP contribution in [-0.2, 0) is 11.3 Å². The number of anilines is 1. The Kier molecular flexibility index (Phi) is 5.43. The number of carbonyl (C=O) groups is 1. The van der Waals surface area contributed by atoms with Crippen molar-refractivity contribution in [2.75, 3.05) is 5.32 Å². The minimum absolute atomic E-state index is 0.215. The SMILES string of the molecule is O=C(Nc1ccc2nc(-c3cccs3)c(-c3cccs3)nc2c1)OCc1ccccc1. The van der Waals surface area contributed by atoms with E-state index in [0.717, 1.165) is 32.2 Å². The average molecular weight is 444 g/mol. The lowest BCUT2D eigenvalue weighted by Gasteiger charge is -2.10. The van der Waals surface area contributed by atoms with Crippen LogP contribution >= 0.6 is 22.7 Å². The molecule has 3 aromatic heterocycles. The molecule has 152 valence electrons. The quantitative estimate of drug-likeness (QED) is 0.323. The molecule has 0 aliphatic carbocycles. The first-order chi connectivity index (χ1) is 15.3. The highest BCUT2D eigenvalue weighted by molar-refractivity contribution is 7.14. The minimum Gasteiger partial charge on any atom is -0.444 e. The summed E-state index contributed by atoms with van der Waals surface area (Å²) in [5.41, 5.74) is 4.74. The highest BCUT2D eigenvalue weighted by Crippen LogP contribution is 2.35. The van der Waals surface area contributed by atoms with E-state index in [9.17, 15) is 4.79 Å². The zero-order chi connectivity index (χ0) is 21.0. The number of nitrogens with zero attached hydrogens (tertiary/aromatic N) is 2. The Labute approximate surface area is 187 Å². The molecule has 0 aliphatic heterocycles. The van der Waals surface area contributed by atoms with Gasteiger partial charge in [-0.2, -0.15) is 0 Å². The van der Waals surface area contributed by atoms with Gasteiger partial charge in [0.1, 0.15) is 18.0 Å². The van der Waals surface area contributed by atoms with Gasteiger partial charge in [-0.05, 0) is 46.7 Å². The zero-order valence-electron chi connectivity index (χ0n) is 16.3. The number of carbonyl (C=O) groups excluding carboxylic acids is 1. The van der Waals surface area contributed by atoms with Crippen molar-refractivity contribution in [3.05, 3.63) is 89.1 Å². The van der Waals surface area contributed by atoms with Gasteiger partial charge in [-0.25, -0.2) is 14.8 Å². The molecule has 0 fully saturated rings. The number of aromatic nitrogens is 2. The first kappa shape index (κ1) is 19.4. The Morgan fingerprint density at radius 2 is 1.48 bits per heavy atom. The van der Waals surface area contributed by atoms with E-state index in [4.69, 9.17) is 14.7 Å². The molecule has 0 saturated heterocycles. The molecule has 5 aromatic rings. The maximum absolute atomic E-state index is 12.2. The van der Waals surface area contributed by atoms with Gasteiger partial charge in [0.25, 0.3) is 0 Å². The Bertz CT molecular complexity index is 1320. The van der Waals surface area contributed by atoms with E-state index in [0.29, 0.717) is 11.2 Å². The number of hydrogen-bond donors (Lipinski definition) is 1. The van der Waals surface area contributed by atoms with Gasteiger partial charge in [0.2, 0.25) is 0 Å². The summed E-state index contributed by atoms with van der Waals surface area (Å²) < 4.78 is 5.31. The third kappa shape index (κ3) is 4.33. The van der Waals surface area contributed by atoms with Crippen molar-refractivity contribution in [2.45, 2.75) is 6.61 Å². The van der Waals surface area contributed by atoms with Gasteiger partial charge in [-0.3, -0.25) is 5.32 Å². The fraction of sp³-hybridized carbons (Fsp3) is 0.0417. The fourth-order valence-corrected chi connectivity index (χ4v) is 4.61. The summed E-state index contributed by atoms with van der Waals surface area (Å²) in [4.78, 5) is 24.1. The maximum Gasteiger partial charge on any atom is 0.411 e. The molecule has 2 aromatic carbocycles. The first-order valence-corrected chi connectivity index (χ1v) is 11.4. The van der Waals surface area contributed by atoms with Crippen LogP contribution < -0.4 is 5.32 Å². The Morgan fingerprint density at radius 3 is 2.13 bits per heavy atom. The summed E-state index contributed by atoms with van der Waals surface area (Å²) in [6.45, 7) is 0.215. The number of hydrogen-bond acceptors (Lipinski definition) is 6. The Morgan fingerprint density at radius 1 is 0.806 bits per heavy atom. The number of fused-ring (bicyclic) bond motifs is 1. The summed E-state index contributed by atoms with van der Waals surface area (Å²) in [6, 6.07) is 23.2. The Balaban J connectivity index is 1.43. The van der Waals surface area contributed by atoms with E-state index >= 15 is 0 Å². The van der Waals surface area contributed by atoms with E-state index in [-0.39, 0.29) is 6.61 Å². The van der Waals surface area contributed by atoms with Crippen molar-refractivity contribution in [3.63, 3.8) is 0 Å².